The van der Waals surface area contributed by atoms with Crippen LogP contribution in [0, 0.1) is 5.82 Å². The van der Waals surface area contributed by atoms with Gasteiger partial charge in [-0.05, 0) is 41.6 Å². The first kappa shape index (κ1) is 16.2. The third-order valence-corrected chi connectivity index (χ3v) is 3.84. The molecule has 0 heterocycles. The van der Waals surface area contributed by atoms with Crippen molar-refractivity contribution in [1.82, 2.24) is 0 Å². The van der Waals surface area contributed by atoms with E-state index in [1.165, 1.54) is 19.1 Å². The van der Waals surface area contributed by atoms with Crippen molar-refractivity contribution in [3.8, 4) is 0 Å². The zero-order valence-electron chi connectivity index (χ0n) is 12.0. The molecular formula is C17H15FO3S. The number of esters is 1. The van der Waals surface area contributed by atoms with Crippen LogP contribution in [-0.4, -0.2) is 17.2 Å². The molecule has 2 rings (SSSR count). The number of thioether (sulfide) groups is 1. The summed E-state index contributed by atoms with van der Waals surface area (Å²) in [4.78, 5) is 24.3. The van der Waals surface area contributed by atoms with Gasteiger partial charge in [0.2, 0.25) is 5.12 Å². The molecule has 3 nitrogen and oxygen atoms in total. The second-order valence-corrected chi connectivity index (χ2v) is 5.74. The standard InChI is InChI=1S/C17H15FO3S/c1-12(19)21-16(11-13-7-9-14(18)10-8-13)17(20)22-15-5-3-2-4-6-15/h2-10,16H,11H2,1H3/t16-/m1/s1. The summed E-state index contributed by atoms with van der Waals surface area (Å²) in [5.74, 6) is -0.869. The zero-order chi connectivity index (χ0) is 15.9. The molecule has 0 unspecified atom stereocenters. The van der Waals surface area contributed by atoms with Crippen LogP contribution in [-0.2, 0) is 20.7 Å². The Morgan fingerprint density at radius 3 is 2.32 bits per heavy atom. The zero-order valence-corrected chi connectivity index (χ0v) is 12.8. The highest BCUT2D eigenvalue weighted by Crippen LogP contribution is 2.22. The summed E-state index contributed by atoms with van der Waals surface area (Å²) in [5.41, 5.74) is 0.731. The Hall–Kier alpha value is -2.14. The summed E-state index contributed by atoms with van der Waals surface area (Å²) in [6, 6.07) is 14.9. The molecule has 1 atom stereocenters. The van der Waals surface area contributed by atoms with Gasteiger partial charge < -0.3 is 4.74 Å². The Kier molecular flexibility index (Phi) is 5.72. The van der Waals surface area contributed by atoms with Crippen LogP contribution in [0.25, 0.3) is 0 Å². The summed E-state index contributed by atoms with van der Waals surface area (Å²) in [7, 11) is 0. The third-order valence-electron chi connectivity index (χ3n) is 2.87. The van der Waals surface area contributed by atoms with Gasteiger partial charge in [0, 0.05) is 18.2 Å². The number of halogens is 1. The molecule has 0 aliphatic rings. The molecule has 0 aliphatic carbocycles. The molecule has 0 radical (unpaired) electrons. The Balaban J connectivity index is 2.09. The lowest BCUT2D eigenvalue weighted by Crippen LogP contribution is -2.26. The van der Waals surface area contributed by atoms with Gasteiger partial charge in [-0.25, -0.2) is 4.39 Å². The molecule has 0 fully saturated rings. The molecule has 0 saturated carbocycles. The number of benzene rings is 2. The van der Waals surface area contributed by atoms with Crippen LogP contribution in [0.4, 0.5) is 4.39 Å². The summed E-state index contributed by atoms with van der Waals surface area (Å²) in [6.07, 6.45) is -0.674. The molecule has 0 spiro atoms. The van der Waals surface area contributed by atoms with Gasteiger partial charge in [0.15, 0.2) is 6.10 Å². The van der Waals surface area contributed by atoms with Crippen LogP contribution >= 0.6 is 11.8 Å². The van der Waals surface area contributed by atoms with Gasteiger partial charge in [-0.15, -0.1) is 0 Å². The largest absolute Gasteiger partial charge is 0.453 e. The van der Waals surface area contributed by atoms with Gasteiger partial charge in [0.25, 0.3) is 0 Å². The van der Waals surface area contributed by atoms with Crippen LogP contribution in [0.1, 0.15) is 12.5 Å². The SMILES string of the molecule is CC(=O)O[C@H](Cc1ccc(F)cc1)C(=O)Sc1ccccc1. The van der Waals surface area contributed by atoms with E-state index in [0.717, 1.165) is 22.2 Å². The second-order valence-electron chi connectivity index (χ2n) is 4.66. The number of carbonyl (C=O) groups excluding carboxylic acids is 2. The third kappa shape index (κ3) is 5.00. The highest BCUT2D eigenvalue weighted by molar-refractivity contribution is 8.13. The fourth-order valence-corrected chi connectivity index (χ4v) is 2.67. The molecule has 22 heavy (non-hydrogen) atoms. The molecule has 0 aliphatic heterocycles. The summed E-state index contributed by atoms with van der Waals surface area (Å²) < 4.78 is 18.0. The van der Waals surface area contributed by atoms with E-state index < -0.39 is 12.1 Å². The van der Waals surface area contributed by atoms with Gasteiger partial charge in [-0.2, -0.15) is 0 Å². The number of ether oxygens (including phenoxy) is 1. The summed E-state index contributed by atoms with van der Waals surface area (Å²) >= 11 is 1.03. The Bertz CT molecular complexity index is 641. The normalized spacial score (nSPS) is 11.7. The maximum Gasteiger partial charge on any atom is 0.303 e. The minimum absolute atomic E-state index is 0.221. The molecule has 5 heteroatoms. The number of rotatable bonds is 5. The average molecular weight is 318 g/mol. The Morgan fingerprint density at radius 2 is 1.73 bits per heavy atom. The molecule has 2 aromatic carbocycles. The second kappa shape index (κ2) is 7.75. The Morgan fingerprint density at radius 1 is 1.09 bits per heavy atom. The highest BCUT2D eigenvalue weighted by atomic mass is 32.2. The van der Waals surface area contributed by atoms with Gasteiger partial charge in [-0.3, -0.25) is 9.59 Å². The Labute approximate surface area is 132 Å². The van der Waals surface area contributed by atoms with Crippen molar-refractivity contribution in [3.63, 3.8) is 0 Å². The molecule has 2 aromatic rings. The minimum atomic E-state index is -0.895. The molecular weight excluding hydrogens is 303 g/mol. The van der Waals surface area contributed by atoms with Crippen LogP contribution < -0.4 is 0 Å². The molecule has 0 amide bonds. The first-order valence-electron chi connectivity index (χ1n) is 6.73. The van der Waals surface area contributed by atoms with Gasteiger partial charge in [-0.1, -0.05) is 30.3 Å². The monoisotopic (exact) mass is 318 g/mol. The smallest absolute Gasteiger partial charge is 0.303 e. The maximum absolute atomic E-state index is 12.9. The van der Waals surface area contributed by atoms with Gasteiger partial charge in [0.05, 0.1) is 0 Å². The molecule has 0 saturated heterocycles. The van der Waals surface area contributed by atoms with Crippen LogP contribution in [0.15, 0.2) is 59.5 Å². The van der Waals surface area contributed by atoms with E-state index in [0.29, 0.717) is 0 Å². The van der Waals surface area contributed by atoms with E-state index in [1.807, 2.05) is 30.3 Å². The lowest BCUT2D eigenvalue weighted by molar-refractivity contribution is -0.150. The first-order valence-corrected chi connectivity index (χ1v) is 7.54. The van der Waals surface area contributed by atoms with E-state index in [4.69, 9.17) is 4.74 Å². The molecule has 0 bridgehead atoms. The van der Waals surface area contributed by atoms with Crippen molar-refractivity contribution in [2.75, 3.05) is 0 Å². The predicted octanol–water partition coefficient (Wildman–Crippen LogP) is 3.62. The number of hydrogen-bond donors (Lipinski definition) is 0. The molecule has 114 valence electrons. The van der Waals surface area contributed by atoms with Crippen molar-refractivity contribution in [3.05, 3.63) is 66.0 Å². The van der Waals surface area contributed by atoms with E-state index >= 15 is 0 Å². The minimum Gasteiger partial charge on any atom is -0.453 e. The predicted molar refractivity (Wildman–Crippen MR) is 83.0 cm³/mol. The topological polar surface area (TPSA) is 43.4 Å². The lowest BCUT2D eigenvalue weighted by atomic mass is 10.1. The highest BCUT2D eigenvalue weighted by Gasteiger charge is 2.23. The van der Waals surface area contributed by atoms with Crippen molar-refractivity contribution >= 4 is 22.8 Å². The van der Waals surface area contributed by atoms with Crippen LogP contribution in [0.5, 0.6) is 0 Å². The van der Waals surface area contributed by atoms with Gasteiger partial charge >= 0.3 is 5.97 Å². The van der Waals surface area contributed by atoms with Crippen molar-refractivity contribution < 1.29 is 18.7 Å². The van der Waals surface area contributed by atoms with Crippen LogP contribution in [0.2, 0.25) is 0 Å². The summed E-state index contributed by atoms with van der Waals surface area (Å²) in [6.45, 7) is 1.26. The van der Waals surface area contributed by atoms with Crippen LogP contribution in [0.3, 0.4) is 0 Å². The fourth-order valence-electron chi connectivity index (χ4n) is 1.88. The quantitative estimate of drug-likeness (QED) is 0.624. The maximum atomic E-state index is 12.9. The van der Waals surface area contributed by atoms with Crippen molar-refractivity contribution in [2.24, 2.45) is 0 Å². The number of hydrogen-bond acceptors (Lipinski definition) is 4. The lowest BCUT2D eigenvalue weighted by Gasteiger charge is -2.15. The number of carbonyl (C=O) groups is 2. The van der Waals surface area contributed by atoms with Crippen molar-refractivity contribution in [2.45, 2.75) is 24.3 Å². The van der Waals surface area contributed by atoms with E-state index in [9.17, 15) is 14.0 Å². The molecule has 0 aromatic heterocycles. The van der Waals surface area contributed by atoms with Gasteiger partial charge in [0.1, 0.15) is 5.82 Å². The van der Waals surface area contributed by atoms with E-state index in [1.54, 1.807) is 12.1 Å². The first-order chi connectivity index (χ1) is 10.5. The van der Waals surface area contributed by atoms with Crippen molar-refractivity contribution in [1.29, 1.82) is 0 Å². The van der Waals surface area contributed by atoms with E-state index in [2.05, 4.69) is 0 Å². The summed E-state index contributed by atoms with van der Waals surface area (Å²) in [5, 5.41) is -0.259. The molecule has 0 N–H and O–H groups in total. The fraction of sp³-hybridized carbons (Fsp3) is 0.176. The van der Waals surface area contributed by atoms with E-state index in [-0.39, 0.29) is 17.4 Å². The average Bonchev–Trinajstić information content (AvgIpc) is 2.49.